The maximum atomic E-state index is 10.9. The Balaban J connectivity index is 3.20. The number of ether oxygens (including phenoxy) is 1. The van der Waals surface area contributed by atoms with E-state index in [0.717, 1.165) is 19.3 Å². The van der Waals surface area contributed by atoms with Gasteiger partial charge < -0.3 is 4.74 Å². The standard InChI is InChI=1S/C21H38O2/c1-3-4-5-6-7-8-9-10-11-12-13-14-15-16-17-18-19-20-21(22)23-2/h10-11,16-17H,3-9,12-15,18-20H2,1-2H3. The molecule has 0 aromatic rings. The lowest BCUT2D eigenvalue weighted by molar-refractivity contribution is -0.140. The van der Waals surface area contributed by atoms with Gasteiger partial charge in [0.25, 0.3) is 0 Å². The molecular weight excluding hydrogens is 284 g/mol. The van der Waals surface area contributed by atoms with Crippen molar-refractivity contribution in [3.8, 4) is 0 Å². The van der Waals surface area contributed by atoms with Gasteiger partial charge in [0.1, 0.15) is 0 Å². The van der Waals surface area contributed by atoms with Crippen LogP contribution in [0.15, 0.2) is 24.3 Å². The second-order valence-corrected chi connectivity index (χ2v) is 6.25. The Labute approximate surface area is 144 Å². The highest BCUT2D eigenvalue weighted by Crippen LogP contribution is 2.08. The van der Waals surface area contributed by atoms with Crippen molar-refractivity contribution in [1.29, 1.82) is 0 Å². The van der Waals surface area contributed by atoms with E-state index in [1.54, 1.807) is 0 Å². The second-order valence-electron chi connectivity index (χ2n) is 6.25. The van der Waals surface area contributed by atoms with Crippen LogP contribution in [0.1, 0.15) is 96.8 Å². The summed E-state index contributed by atoms with van der Waals surface area (Å²) in [5.41, 5.74) is 0. The molecule has 0 aromatic carbocycles. The molecule has 0 heterocycles. The zero-order chi connectivity index (χ0) is 17.0. The monoisotopic (exact) mass is 322 g/mol. The van der Waals surface area contributed by atoms with E-state index in [1.807, 2.05) is 0 Å². The van der Waals surface area contributed by atoms with Crippen molar-refractivity contribution in [3.05, 3.63) is 24.3 Å². The van der Waals surface area contributed by atoms with Crippen molar-refractivity contribution in [3.63, 3.8) is 0 Å². The van der Waals surface area contributed by atoms with Gasteiger partial charge in [-0.1, -0.05) is 63.3 Å². The van der Waals surface area contributed by atoms with Crippen molar-refractivity contribution in [2.75, 3.05) is 7.11 Å². The summed E-state index contributed by atoms with van der Waals surface area (Å²) >= 11 is 0. The molecule has 0 aliphatic heterocycles. The van der Waals surface area contributed by atoms with E-state index in [0.29, 0.717) is 6.42 Å². The van der Waals surface area contributed by atoms with Gasteiger partial charge in [-0.2, -0.15) is 0 Å². The van der Waals surface area contributed by atoms with Crippen molar-refractivity contribution in [2.45, 2.75) is 96.8 Å². The number of esters is 1. The topological polar surface area (TPSA) is 26.3 Å². The Hall–Kier alpha value is -1.05. The highest BCUT2D eigenvalue weighted by molar-refractivity contribution is 5.68. The molecule has 0 unspecified atom stereocenters. The highest BCUT2D eigenvalue weighted by Gasteiger charge is 1.96. The lowest BCUT2D eigenvalue weighted by Gasteiger charge is -1.98. The van der Waals surface area contributed by atoms with E-state index in [-0.39, 0.29) is 5.97 Å². The average Bonchev–Trinajstić information content (AvgIpc) is 2.57. The second kappa shape index (κ2) is 19.0. The Kier molecular flexibility index (Phi) is 18.1. The van der Waals surface area contributed by atoms with E-state index < -0.39 is 0 Å². The zero-order valence-corrected chi connectivity index (χ0v) is 15.5. The summed E-state index contributed by atoms with van der Waals surface area (Å²) < 4.78 is 4.61. The van der Waals surface area contributed by atoms with Crippen LogP contribution in [0.5, 0.6) is 0 Å². The molecule has 0 N–H and O–H groups in total. The third-order valence-corrected chi connectivity index (χ3v) is 4.03. The van der Waals surface area contributed by atoms with Crippen LogP contribution < -0.4 is 0 Å². The molecule has 0 spiro atoms. The quantitative estimate of drug-likeness (QED) is 0.178. The zero-order valence-electron chi connectivity index (χ0n) is 15.5. The molecule has 0 radical (unpaired) electrons. The number of rotatable bonds is 16. The van der Waals surface area contributed by atoms with Gasteiger partial charge in [0.05, 0.1) is 7.11 Å². The van der Waals surface area contributed by atoms with Gasteiger partial charge in [0.2, 0.25) is 0 Å². The van der Waals surface area contributed by atoms with Gasteiger partial charge in [0, 0.05) is 6.42 Å². The van der Waals surface area contributed by atoms with Crippen LogP contribution in [0.4, 0.5) is 0 Å². The molecule has 0 saturated heterocycles. The van der Waals surface area contributed by atoms with Crippen LogP contribution in [0.3, 0.4) is 0 Å². The van der Waals surface area contributed by atoms with Gasteiger partial charge in [-0.15, -0.1) is 0 Å². The summed E-state index contributed by atoms with van der Waals surface area (Å²) in [6, 6.07) is 0. The number of carbonyl (C=O) groups is 1. The van der Waals surface area contributed by atoms with Crippen molar-refractivity contribution < 1.29 is 9.53 Å². The summed E-state index contributed by atoms with van der Waals surface area (Å²) in [6.45, 7) is 2.27. The predicted molar refractivity (Wildman–Crippen MR) is 101 cm³/mol. The molecule has 134 valence electrons. The Morgan fingerprint density at radius 2 is 1.13 bits per heavy atom. The van der Waals surface area contributed by atoms with Crippen molar-refractivity contribution in [2.24, 2.45) is 0 Å². The fourth-order valence-electron chi connectivity index (χ4n) is 2.50. The number of hydrogen-bond acceptors (Lipinski definition) is 2. The van der Waals surface area contributed by atoms with E-state index in [4.69, 9.17) is 0 Å². The molecule has 0 aliphatic rings. The molecule has 0 aromatic heterocycles. The van der Waals surface area contributed by atoms with E-state index in [2.05, 4.69) is 36.0 Å². The minimum absolute atomic E-state index is 0.105. The molecular formula is C21H38O2. The van der Waals surface area contributed by atoms with Crippen LogP contribution in [0.2, 0.25) is 0 Å². The van der Waals surface area contributed by atoms with E-state index >= 15 is 0 Å². The summed E-state index contributed by atoms with van der Waals surface area (Å²) in [7, 11) is 1.44. The molecule has 23 heavy (non-hydrogen) atoms. The van der Waals surface area contributed by atoms with Crippen LogP contribution >= 0.6 is 0 Å². The Bertz CT molecular complexity index is 305. The normalized spacial score (nSPS) is 11.6. The maximum absolute atomic E-state index is 10.9. The summed E-state index contributed by atoms with van der Waals surface area (Å²) in [6.07, 6.45) is 26.0. The fraction of sp³-hybridized carbons (Fsp3) is 0.762. The molecule has 2 nitrogen and oxygen atoms in total. The molecule has 0 rings (SSSR count). The largest absolute Gasteiger partial charge is 0.469 e. The minimum atomic E-state index is -0.105. The maximum Gasteiger partial charge on any atom is 0.305 e. The number of methoxy groups -OCH3 is 1. The van der Waals surface area contributed by atoms with Crippen LogP contribution in [-0.2, 0) is 9.53 Å². The molecule has 0 amide bonds. The smallest absolute Gasteiger partial charge is 0.305 e. The van der Waals surface area contributed by atoms with Gasteiger partial charge in [-0.05, 0) is 51.4 Å². The van der Waals surface area contributed by atoms with Gasteiger partial charge in [-0.3, -0.25) is 4.79 Å². The molecule has 0 atom stereocenters. The first kappa shape index (κ1) is 21.9. The lowest BCUT2D eigenvalue weighted by atomic mass is 10.1. The Morgan fingerprint density at radius 1 is 0.696 bits per heavy atom. The molecule has 0 fully saturated rings. The minimum Gasteiger partial charge on any atom is -0.469 e. The highest BCUT2D eigenvalue weighted by atomic mass is 16.5. The number of allylic oxidation sites excluding steroid dienone is 4. The van der Waals surface area contributed by atoms with Crippen molar-refractivity contribution in [1.82, 2.24) is 0 Å². The van der Waals surface area contributed by atoms with Crippen LogP contribution in [0, 0.1) is 0 Å². The summed E-state index contributed by atoms with van der Waals surface area (Å²) in [5, 5.41) is 0. The van der Waals surface area contributed by atoms with E-state index in [9.17, 15) is 4.79 Å². The molecule has 0 bridgehead atoms. The van der Waals surface area contributed by atoms with Gasteiger partial charge in [-0.25, -0.2) is 0 Å². The summed E-state index contributed by atoms with van der Waals surface area (Å²) in [4.78, 5) is 10.9. The third-order valence-electron chi connectivity index (χ3n) is 4.03. The van der Waals surface area contributed by atoms with E-state index in [1.165, 1.54) is 71.3 Å². The van der Waals surface area contributed by atoms with Crippen LogP contribution in [-0.4, -0.2) is 13.1 Å². The molecule has 0 aliphatic carbocycles. The fourth-order valence-corrected chi connectivity index (χ4v) is 2.50. The van der Waals surface area contributed by atoms with Gasteiger partial charge in [0.15, 0.2) is 0 Å². The molecule has 2 heteroatoms. The number of carbonyl (C=O) groups excluding carboxylic acids is 1. The number of unbranched alkanes of at least 4 members (excludes halogenated alkanes) is 10. The third kappa shape index (κ3) is 18.9. The molecule has 0 saturated carbocycles. The van der Waals surface area contributed by atoms with Crippen molar-refractivity contribution >= 4 is 5.97 Å². The van der Waals surface area contributed by atoms with Gasteiger partial charge >= 0.3 is 5.97 Å². The first-order valence-corrected chi connectivity index (χ1v) is 9.68. The predicted octanol–water partition coefficient (Wildman–Crippen LogP) is 6.75. The first-order chi connectivity index (χ1) is 11.3. The average molecular weight is 323 g/mol. The number of hydrogen-bond donors (Lipinski definition) is 0. The lowest BCUT2D eigenvalue weighted by Crippen LogP contribution is -1.98. The Morgan fingerprint density at radius 3 is 1.65 bits per heavy atom. The summed E-state index contributed by atoms with van der Waals surface area (Å²) in [5.74, 6) is -0.105. The SMILES string of the molecule is CCCCCCCCC=CCCCCC=CCCCC(=O)OC. The van der Waals surface area contributed by atoms with Crippen LogP contribution in [0.25, 0.3) is 0 Å². The first-order valence-electron chi connectivity index (χ1n) is 9.68.